The number of H-pyrrole nitrogens is 2. The van der Waals surface area contributed by atoms with E-state index in [0.717, 1.165) is 5.69 Å². The molecule has 0 unspecified atom stereocenters. The Kier molecular flexibility index (Phi) is 4.42. The zero-order valence-corrected chi connectivity index (χ0v) is 13.2. The third-order valence-electron chi connectivity index (χ3n) is 3.23. The van der Waals surface area contributed by atoms with Crippen molar-refractivity contribution >= 4 is 34.5 Å². The molecule has 0 bridgehead atoms. The second-order valence-electron chi connectivity index (χ2n) is 4.84. The van der Waals surface area contributed by atoms with Crippen molar-refractivity contribution in [3.63, 3.8) is 0 Å². The minimum Gasteiger partial charge on any atom is -0.339 e. The zero-order chi connectivity index (χ0) is 16.2. The van der Waals surface area contributed by atoms with Gasteiger partial charge in [-0.3, -0.25) is 14.6 Å². The highest BCUT2D eigenvalue weighted by Gasteiger charge is 2.20. The van der Waals surface area contributed by atoms with Gasteiger partial charge in [-0.05, 0) is 18.6 Å². The average molecular weight is 329 g/mol. The summed E-state index contributed by atoms with van der Waals surface area (Å²) in [5.41, 5.74) is 1.11. The highest BCUT2D eigenvalue weighted by atomic mass is 32.2. The third kappa shape index (κ3) is 3.42. The maximum Gasteiger partial charge on any atom is 0.277 e. The molecule has 23 heavy (non-hydrogen) atoms. The summed E-state index contributed by atoms with van der Waals surface area (Å²) in [6.07, 6.45) is 2.02. The molecule has 1 amide bonds. The molecule has 0 spiro atoms. The number of imidazole rings is 1. The van der Waals surface area contributed by atoms with E-state index in [-0.39, 0.29) is 16.7 Å². The molecule has 118 valence electrons. The van der Waals surface area contributed by atoms with Gasteiger partial charge in [-0.2, -0.15) is 0 Å². The van der Waals surface area contributed by atoms with Crippen LogP contribution in [0.5, 0.6) is 0 Å². The summed E-state index contributed by atoms with van der Waals surface area (Å²) in [5, 5.41) is 2.87. The van der Waals surface area contributed by atoms with E-state index in [1.165, 1.54) is 18.1 Å². The van der Waals surface area contributed by atoms with Crippen LogP contribution in [0.2, 0.25) is 0 Å². The predicted molar refractivity (Wildman–Crippen MR) is 89.5 cm³/mol. The van der Waals surface area contributed by atoms with Crippen LogP contribution in [0.25, 0.3) is 11.2 Å². The van der Waals surface area contributed by atoms with Gasteiger partial charge in [0.25, 0.3) is 5.56 Å². The summed E-state index contributed by atoms with van der Waals surface area (Å²) in [4.78, 5) is 37.9. The van der Waals surface area contributed by atoms with E-state index < -0.39 is 0 Å². The average Bonchev–Trinajstić information content (AvgIpc) is 3.02. The number of fused-ring (bicyclic) bond motifs is 1. The van der Waals surface area contributed by atoms with Gasteiger partial charge in [0.2, 0.25) is 5.91 Å². The summed E-state index contributed by atoms with van der Waals surface area (Å²) in [7, 11) is 0. The molecule has 0 radical (unpaired) electrons. The number of anilines is 1. The number of aromatic nitrogens is 4. The van der Waals surface area contributed by atoms with E-state index >= 15 is 0 Å². The largest absolute Gasteiger partial charge is 0.339 e. The molecule has 0 fully saturated rings. The van der Waals surface area contributed by atoms with Gasteiger partial charge in [0.1, 0.15) is 0 Å². The van der Waals surface area contributed by atoms with Crippen LogP contribution < -0.4 is 10.9 Å². The lowest BCUT2D eigenvalue weighted by Gasteiger charge is -2.13. The maximum absolute atomic E-state index is 12.4. The third-order valence-corrected chi connectivity index (χ3v) is 4.48. The molecule has 2 heterocycles. The Labute approximate surface area is 135 Å². The van der Waals surface area contributed by atoms with E-state index in [4.69, 9.17) is 0 Å². The number of carbonyl (C=O) groups excluding carboxylic acids is 1. The molecular weight excluding hydrogens is 314 g/mol. The lowest BCUT2D eigenvalue weighted by molar-refractivity contribution is -0.115. The van der Waals surface area contributed by atoms with Crippen molar-refractivity contribution in [1.82, 2.24) is 19.9 Å². The zero-order valence-electron chi connectivity index (χ0n) is 12.4. The Balaban J connectivity index is 1.77. The van der Waals surface area contributed by atoms with Crippen LogP contribution >= 0.6 is 11.8 Å². The van der Waals surface area contributed by atoms with Crippen LogP contribution in [0, 0.1) is 0 Å². The molecule has 8 heteroatoms. The van der Waals surface area contributed by atoms with Crippen LogP contribution in [0.1, 0.15) is 13.3 Å². The molecule has 3 aromatic rings. The van der Waals surface area contributed by atoms with Crippen LogP contribution in [-0.2, 0) is 4.79 Å². The summed E-state index contributed by atoms with van der Waals surface area (Å²) in [6, 6.07) is 9.24. The molecule has 3 rings (SSSR count). The number of hydrogen-bond donors (Lipinski definition) is 3. The summed E-state index contributed by atoms with van der Waals surface area (Å²) < 4.78 is 0. The molecule has 0 aliphatic carbocycles. The highest BCUT2D eigenvalue weighted by Crippen LogP contribution is 2.23. The lowest BCUT2D eigenvalue weighted by Crippen LogP contribution is -2.25. The van der Waals surface area contributed by atoms with Gasteiger partial charge in [-0.15, -0.1) is 0 Å². The van der Waals surface area contributed by atoms with Crippen molar-refractivity contribution < 1.29 is 4.79 Å². The van der Waals surface area contributed by atoms with Crippen LogP contribution in [0.3, 0.4) is 0 Å². The standard InChI is InChI=1S/C15H15N5O2S/c1-2-10(13(21)18-9-6-4-3-5-7-9)23-15-19-12-11(14(22)20-15)16-8-17-12/h3-8,10H,2H2,1H3,(H,18,21)(H2,16,17,19,20,22)/t10-/m0/s1. The summed E-state index contributed by atoms with van der Waals surface area (Å²) >= 11 is 1.22. The van der Waals surface area contributed by atoms with Gasteiger partial charge in [0.15, 0.2) is 16.3 Å². The maximum atomic E-state index is 12.4. The molecule has 0 saturated carbocycles. The number of aromatic amines is 2. The molecule has 2 aromatic heterocycles. The monoisotopic (exact) mass is 329 g/mol. The second-order valence-corrected chi connectivity index (χ2v) is 6.03. The molecule has 7 nitrogen and oxygen atoms in total. The highest BCUT2D eigenvalue weighted by molar-refractivity contribution is 8.00. The van der Waals surface area contributed by atoms with Gasteiger partial charge in [-0.25, -0.2) is 9.97 Å². The van der Waals surface area contributed by atoms with Crippen LogP contribution in [0.15, 0.2) is 46.6 Å². The minimum atomic E-state index is -0.366. The van der Waals surface area contributed by atoms with Crippen molar-refractivity contribution in [2.24, 2.45) is 0 Å². The molecular formula is C15H15N5O2S. The first kappa shape index (κ1) is 15.3. The normalized spacial score (nSPS) is 12.2. The smallest absolute Gasteiger partial charge is 0.277 e. The first-order valence-corrected chi connectivity index (χ1v) is 8.01. The van der Waals surface area contributed by atoms with E-state index in [9.17, 15) is 9.59 Å². The Bertz CT molecular complexity index is 874. The van der Waals surface area contributed by atoms with Crippen molar-refractivity contribution in [1.29, 1.82) is 0 Å². The topological polar surface area (TPSA) is 104 Å². The molecule has 0 aliphatic heterocycles. The Morgan fingerprint density at radius 1 is 1.35 bits per heavy atom. The quantitative estimate of drug-likeness (QED) is 0.491. The lowest BCUT2D eigenvalue weighted by atomic mass is 10.3. The number of benzene rings is 1. The summed E-state index contributed by atoms with van der Waals surface area (Å²) in [6.45, 7) is 1.91. The molecule has 3 N–H and O–H groups in total. The number of rotatable bonds is 5. The number of carbonyl (C=O) groups is 1. The number of thioether (sulfide) groups is 1. The minimum absolute atomic E-state index is 0.131. The van der Waals surface area contributed by atoms with Crippen LogP contribution in [-0.4, -0.2) is 31.1 Å². The number of para-hydroxylation sites is 1. The van der Waals surface area contributed by atoms with Gasteiger partial charge < -0.3 is 10.3 Å². The van der Waals surface area contributed by atoms with E-state index in [0.29, 0.717) is 22.7 Å². The predicted octanol–water partition coefficient (Wildman–Crippen LogP) is 2.16. The molecule has 1 atom stereocenters. The Hall–Kier alpha value is -2.61. The van der Waals surface area contributed by atoms with Gasteiger partial charge in [0.05, 0.1) is 11.6 Å². The van der Waals surface area contributed by atoms with Crippen molar-refractivity contribution in [3.8, 4) is 0 Å². The summed E-state index contributed by atoms with van der Waals surface area (Å²) in [5.74, 6) is -0.131. The van der Waals surface area contributed by atoms with Gasteiger partial charge in [-0.1, -0.05) is 36.9 Å². The van der Waals surface area contributed by atoms with Gasteiger partial charge in [0, 0.05) is 5.69 Å². The van der Waals surface area contributed by atoms with Crippen molar-refractivity contribution in [2.75, 3.05) is 5.32 Å². The first-order valence-electron chi connectivity index (χ1n) is 7.13. The number of hydrogen-bond acceptors (Lipinski definition) is 5. The fraction of sp³-hybridized carbons (Fsp3) is 0.200. The van der Waals surface area contributed by atoms with Gasteiger partial charge >= 0.3 is 0 Å². The molecule has 0 saturated heterocycles. The Morgan fingerprint density at radius 2 is 2.13 bits per heavy atom. The van der Waals surface area contributed by atoms with E-state index in [1.807, 2.05) is 37.3 Å². The fourth-order valence-electron chi connectivity index (χ4n) is 2.08. The SMILES string of the molecule is CC[C@H](Sc1nc2nc[nH]c2c(=O)[nH]1)C(=O)Nc1ccccc1. The van der Waals surface area contributed by atoms with E-state index in [1.54, 1.807) is 0 Å². The first-order chi connectivity index (χ1) is 11.2. The Morgan fingerprint density at radius 3 is 2.87 bits per heavy atom. The fourth-order valence-corrected chi connectivity index (χ4v) is 2.97. The van der Waals surface area contributed by atoms with E-state index in [2.05, 4.69) is 25.3 Å². The molecule has 0 aliphatic rings. The molecule has 1 aromatic carbocycles. The number of nitrogens with one attached hydrogen (secondary N) is 3. The number of amides is 1. The number of nitrogens with zero attached hydrogens (tertiary/aromatic N) is 2. The van der Waals surface area contributed by atoms with Crippen LogP contribution in [0.4, 0.5) is 5.69 Å². The van der Waals surface area contributed by atoms with Crippen molar-refractivity contribution in [2.45, 2.75) is 23.8 Å². The second kappa shape index (κ2) is 6.66. The van der Waals surface area contributed by atoms with Crippen molar-refractivity contribution in [3.05, 3.63) is 47.0 Å².